The van der Waals surface area contributed by atoms with Gasteiger partial charge in [0, 0.05) is 42.2 Å². The first-order valence-electron chi connectivity index (χ1n) is 8.83. The van der Waals surface area contributed by atoms with Crippen molar-refractivity contribution in [2.24, 2.45) is 0 Å². The van der Waals surface area contributed by atoms with Crippen LogP contribution in [0.25, 0.3) is 10.8 Å². The first kappa shape index (κ1) is 15.5. The molecular formula is C19H17N3O4. The summed E-state index contributed by atoms with van der Waals surface area (Å²) in [7, 11) is 0. The van der Waals surface area contributed by atoms with Crippen LogP contribution in [0.1, 0.15) is 40.0 Å². The summed E-state index contributed by atoms with van der Waals surface area (Å²) < 4.78 is 0. The number of nitro groups is 1. The molecule has 6 rings (SSSR count). The Kier molecular flexibility index (Phi) is 3.04. The third-order valence-corrected chi connectivity index (χ3v) is 6.24. The Bertz CT molecular complexity index is 956. The molecule has 0 aromatic heterocycles. The minimum absolute atomic E-state index is 0.0798. The Morgan fingerprint density at radius 2 is 1.54 bits per heavy atom. The van der Waals surface area contributed by atoms with E-state index in [1.165, 1.54) is 17.0 Å². The van der Waals surface area contributed by atoms with Gasteiger partial charge in [-0.2, -0.15) is 0 Å². The van der Waals surface area contributed by atoms with Gasteiger partial charge in [0.15, 0.2) is 0 Å². The zero-order valence-corrected chi connectivity index (χ0v) is 14.1. The highest BCUT2D eigenvalue weighted by atomic mass is 16.6. The number of rotatable bonds is 2. The van der Waals surface area contributed by atoms with Crippen LogP contribution in [0.2, 0.25) is 0 Å². The van der Waals surface area contributed by atoms with Crippen molar-refractivity contribution in [1.29, 1.82) is 0 Å². The summed E-state index contributed by atoms with van der Waals surface area (Å²) in [6, 6.07) is 7.80. The molecule has 3 fully saturated rings. The molecule has 2 aromatic carbocycles. The summed E-state index contributed by atoms with van der Waals surface area (Å²) >= 11 is 0. The topological polar surface area (TPSA) is 83.8 Å². The van der Waals surface area contributed by atoms with Gasteiger partial charge in [-0.1, -0.05) is 6.07 Å². The minimum atomic E-state index is -0.472. The van der Waals surface area contributed by atoms with Crippen LogP contribution in [-0.4, -0.2) is 51.7 Å². The second-order valence-electron chi connectivity index (χ2n) is 7.38. The van der Waals surface area contributed by atoms with Crippen LogP contribution < -0.4 is 0 Å². The number of amides is 2. The molecule has 0 radical (unpaired) electrons. The molecule has 4 heterocycles. The van der Waals surface area contributed by atoms with Gasteiger partial charge >= 0.3 is 0 Å². The molecule has 7 heteroatoms. The quantitative estimate of drug-likeness (QED) is 0.472. The van der Waals surface area contributed by atoms with Crippen molar-refractivity contribution in [3.8, 4) is 0 Å². The van der Waals surface area contributed by atoms with Crippen LogP contribution in [0.4, 0.5) is 5.69 Å². The monoisotopic (exact) mass is 351 g/mol. The second kappa shape index (κ2) is 5.11. The van der Waals surface area contributed by atoms with Gasteiger partial charge in [-0.05, 0) is 37.5 Å². The van der Waals surface area contributed by atoms with E-state index in [2.05, 4.69) is 4.90 Å². The van der Waals surface area contributed by atoms with E-state index in [1.807, 2.05) is 0 Å². The summed E-state index contributed by atoms with van der Waals surface area (Å²) in [6.07, 6.45) is 2.38. The van der Waals surface area contributed by atoms with E-state index in [0.717, 1.165) is 38.9 Å². The number of carbonyl (C=O) groups is 2. The van der Waals surface area contributed by atoms with Crippen molar-refractivity contribution < 1.29 is 14.5 Å². The lowest BCUT2D eigenvalue weighted by molar-refractivity contribution is -0.383. The molecule has 2 amide bonds. The predicted molar refractivity (Wildman–Crippen MR) is 94.1 cm³/mol. The molecule has 26 heavy (non-hydrogen) atoms. The lowest BCUT2D eigenvalue weighted by atomic mass is 9.76. The Morgan fingerprint density at radius 1 is 0.923 bits per heavy atom. The first-order valence-corrected chi connectivity index (χ1v) is 8.83. The minimum Gasteiger partial charge on any atom is -0.303 e. The van der Waals surface area contributed by atoms with Crippen LogP contribution in [-0.2, 0) is 0 Å². The van der Waals surface area contributed by atoms with Gasteiger partial charge < -0.3 is 4.90 Å². The summed E-state index contributed by atoms with van der Waals surface area (Å²) in [5.74, 6) is -0.632. The number of hydrogen-bond acceptors (Lipinski definition) is 5. The number of non-ortho nitro benzene ring substituents is 1. The Morgan fingerprint density at radius 3 is 2.15 bits per heavy atom. The summed E-state index contributed by atoms with van der Waals surface area (Å²) in [5.41, 5.74) is 0.278. The maximum Gasteiger partial charge on any atom is 0.277 e. The maximum absolute atomic E-state index is 13.3. The summed E-state index contributed by atoms with van der Waals surface area (Å²) in [5, 5.41) is 12.1. The van der Waals surface area contributed by atoms with Crippen molar-refractivity contribution in [3.05, 3.63) is 51.6 Å². The number of carbonyl (C=O) groups excluding carboxylic acids is 2. The smallest absolute Gasteiger partial charge is 0.277 e. The van der Waals surface area contributed by atoms with Gasteiger partial charge in [0.1, 0.15) is 0 Å². The molecule has 4 aliphatic rings. The number of nitrogens with zero attached hydrogens (tertiary/aromatic N) is 3. The van der Waals surface area contributed by atoms with E-state index in [1.54, 1.807) is 18.2 Å². The normalized spacial score (nSPS) is 27.2. The molecule has 2 bridgehead atoms. The Hall–Kier alpha value is -2.80. The molecule has 3 saturated heterocycles. The van der Waals surface area contributed by atoms with E-state index in [0.29, 0.717) is 21.9 Å². The van der Waals surface area contributed by atoms with Gasteiger partial charge in [0.05, 0.1) is 15.8 Å². The SMILES string of the molecule is O=C1c2cccc3c([N+](=O)[O-])ccc(c23)C(=O)N1C12CCN(CC1)CC2. The number of benzene rings is 2. The van der Waals surface area contributed by atoms with Gasteiger partial charge in [-0.25, -0.2) is 0 Å². The number of imide groups is 1. The molecule has 0 N–H and O–H groups in total. The van der Waals surface area contributed by atoms with Crippen molar-refractivity contribution in [2.45, 2.75) is 24.8 Å². The molecule has 7 nitrogen and oxygen atoms in total. The predicted octanol–water partition coefficient (Wildman–Crippen LogP) is 2.58. The zero-order valence-electron chi connectivity index (χ0n) is 14.1. The number of nitro benzene ring substituents is 1. The van der Waals surface area contributed by atoms with Gasteiger partial charge in [-0.3, -0.25) is 24.6 Å². The fraction of sp³-hybridized carbons (Fsp3) is 0.368. The standard InChI is InChI=1S/C19H17N3O4/c23-17-13-3-1-2-12-15(22(25)26)5-4-14(16(12)13)18(24)21(17)19-6-9-20(10-7-19)11-8-19/h1-5H,6-11H2. The summed E-state index contributed by atoms with van der Waals surface area (Å²) in [4.78, 5) is 41.3. The van der Waals surface area contributed by atoms with Gasteiger partial charge in [-0.15, -0.1) is 0 Å². The largest absolute Gasteiger partial charge is 0.303 e. The van der Waals surface area contributed by atoms with E-state index >= 15 is 0 Å². The van der Waals surface area contributed by atoms with Crippen LogP contribution in [0.5, 0.6) is 0 Å². The highest BCUT2D eigenvalue weighted by Gasteiger charge is 2.50. The van der Waals surface area contributed by atoms with Crippen LogP contribution in [0.15, 0.2) is 30.3 Å². The average Bonchev–Trinajstić information content (AvgIpc) is 2.67. The third-order valence-electron chi connectivity index (χ3n) is 6.24. The molecule has 0 unspecified atom stereocenters. The second-order valence-corrected chi connectivity index (χ2v) is 7.38. The Labute approximate surface area is 149 Å². The molecule has 132 valence electrons. The number of piperidine rings is 3. The van der Waals surface area contributed by atoms with Gasteiger partial charge in [0.2, 0.25) is 0 Å². The van der Waals surface area contributed by atoms with Crippen molar-refractivity contribution >= 4 is 28.3 Å². The zero-order chi connectivity index (χ0) is 18.1. The van der Waals surface area contributed by atoms with E-state index < -0.39 is 10.5 Å². The van der Waals surface area contributed by atoms with Crippen molar-refractivity contribution in [3.63, 3.8) is 0 Å². The molecule has 0 spiro atoms. The summed E-state index contributed by atoms with van der Waals surface area (Å²) in [6.45, 7) is 2.69. The first-order chi connectivity index (χ1) is 12.5. The lowest BCUT2D eigenvalue weighted by Crippen LogP contribution is -2.64. The van der Waals surface area contributed by atoms with Crippen molar-refractivity contribution in [1.82, 2.24) is 9.80 Å². The lowest BCUT2D eigenvalue weighted by Gasteiger charge is -2.53. The van der Waals surface area contributed by atoms with E-state index in [4.69, 9.17) is 0 Å². The number of hydrogen-bond donors (Lipinski definition) is 0. The average molecular weight is 351 g/mol. The van der Waals surface area contributed by atoms with Crippen LogP contribution in [0, 0.1) is 10.1 Å². The molecule has 0 saturated carbocycles. The van der Waals surface area contributed by atoms with E-state index in [9.17, 15) is 19.7 Å². The van der Waals surface area contributed by atoms with Crippen LogP contribution >= 0.6 is 0 Å². The highest BCUT2D eigenvalue weighted by molar-refractivity contribution is 6.26. The number of fused-ring (bicyclic) bond motifs is 3. The molecule has 0 aliphatic carbocycles. The van der Waals surface area contributed by atoms with E-state index in [-0.39, 0.29) is 17.5 Å². The molecule has 0 atom stereocenters. The molecule has 4 aliphatic heterocycles. The highest BCUT2D eigenvalue weighted by Crippen LogP contribution is 2.43. The molecule has 2 aromatic rings. The van der Waals surface area contributed by atoms with Gasteiger partial charge in [0.25, 0.3) is 17.5 Å². The van der Waals surface area contributed by atoms with Crippen LogP contribution in [0.3, 0.4) is 0 Å². The Balaban J connectivity index is 1.72. The van der Waals surface area contributed by atoms with Crippen molar-refractivity contribution in [2.75, 3.05) is 19.6 Å². The third kappa shape index (κ3) is 1.86. The maximum atomic E-state index is 13.3. The molecular weight excluding hydrogens is 334 g/mol. The fourth-order valence-corrected chi connectivity index (χ4v) is 4.82. The fourth-order valence-electron chi connectivity index (χ4n) is 4.82.